The van der Waals surface area contributed by atoms with Crippen LogP contribution >= 0.6 is 0 Å². The van der Waals surface area contributed by atoms with Crippen LogP contribution in [-0.4, -0.2) is 40.4 Å². The molecule has 0 N–H and O–H groups in total. The van der Waals surface area contributed by atoms with Crippen LogP contribution in [-0.2, 0) is 25.9 Å². The molecule has 0 bridgehead atoms. The van der Waals surface area contributed by atoms with Gasteiger partial charge in [-0.25, -0.2) is 9.86 Å². The quantitative estimate of drug-likeness (QED) is 0.734. The number of imide groups is 1. The highest BCUT2D eigenvalue weighted by atomic mass is 16.7. The lowest BCUT2D eigenvalue weighted by Gasteiger charge is -2.17. The Kier molecular flexibility index (Phi) is 4.62. The minimum absolute atomic E-state index is 0.00628. The third-order valence-electron chi connectivity index (χ3n) is 4.59. The summed E-state index contributed by atoms with van der Waals surface area (Å²) in [5.41, 5.74) is 1.23. The van der Waals surface area contributed by atoms with E-state index in [4.69, 9.17) is 9.68 Å². The van der Waals surface area contributed by atoms with E-state index in [2.05, 4.69) is 0 Å². The average molecular weight is 380 g/mol. The number of hydrogen-bond donors (Lipinski definition) is 0. The Morgan fingerprint density at radius 2 is 1.54 bits per heavy atom. The molecule has 8 nitrogen and oxygen atoms in total. The molecule has 2 aromatic carbocycles. The van der Waals surface area contributed by atoms with Gasteiger partial charge in [-0.1, -0.05) is 47.5 Å². The Morgan fingerprint density at radius 1 is 0.929 bits per heavy atom. The molecule has 2 aliphatic heterocycles. The van der Waals surface area contributed by atoms with Crippen LogP contribution in [0.1, 0.15) is 32.7 Å². The van der Waals surface area contributed by atoms with Crippen molar-refractivity contribution in [1.29, 1.82) is 0 Å². The maximum atomic E-state index is 12.4. The number of hydrogen-bond acceptors (Lipinski definition) is 6. The number of rotatable bonds is 5. The second kappa shape index (κ2) is 7.24. The van der Waals surface area contributed by atoms with Crippen LogP contribution in [0.2, 0.25) is 0 Å². The van der Waals surface area contributed by atoms with Crippen molar-refractivity contribution in [3.05, 3.63) is 71.3 Å². The summed E-state index contributed by atoms with van der Waals surface area (Å²) >= 11 is 0. The Bertz CT molecular complexity index is 923. The van der Waals surface area contributed by atoms with Crippen LogP contribution in [0.3, 0.4) is 0 Å². The van der Waals surface area contributed by atoms with Gasteiger partial charge in [-0.15, -0.1) is 0 Å². The highest BCUT2D eigenvalue weighted by molar-refractivity contribution is 6.20. The van der Waals surface area contributed by atoms with E-state index < -0.39 is 23.7 Å². The van der Waals surface area contributed by atoms with Gasteiger partial charge in [0.15, 0.2) is 0 Å². The van der Waals surface area contributed by atoms with E-state index in [0.717, 1.165) is 10.6 Å². The number of fused-ring (bicyclic) bond motifs is 1. The molecule has 8 heteroatoms. The molecule has 28 heavy (non-hydrogen) atoms. The standard InChI is InChI=1S/C20H16N2O6/c23-17-10-14(11-21(17)27-12-13-6-2-1-3-7-13)20(26)28-22-18(24)15-8-4-5-9-16(15)19(22)25/h1-9,14H,10-12H2. The van der Waals surface area contributed by atoms with Gasteiger partial charge in [-0.3, -0.25) is 19.2 Å². The second-order valence-electron chi connectivity index (χ2n) is 6.48. The van der Waals surface area contributed by atoms with Gasteiger partial charge in [0.2, 0.25) is 5.91 Å². The summed E-state index contributed by atoms with van der Waals surface area (Å²) in [7, 11) is 0. The summed E-state index contributed by atoms with van der Waals surface area (Å²) < 4.78 is 0. The van der Waals surface area contributed by atoms with E-state index in [1.807, 2.05) is 30.3 Å². The molecule has 1 fully saturated rings. The highest BCUT2D eigenvalue weighted by Crippen LogP contribution is 2.25. The number of carbonyl (C=O) groups is 4. The first-order valence-electron chi connectivity index (χ1n) is 8.71. The van der Waals surface area contributed by atoms with Gasteiger partial charge in [0, 0.05) is 6.42 Å². The second-order valence-corrected chi connectivity index (χ2v) is 6.48. The van der Waals surface area contributed by atoms with E-state index in [1.54, 1.807) is 12.1 Å². The zero-order valence-electron chi connectivity index (χ0n) is 14.7. The van der Waals surface area contributed by atoms with Crippen molar-refractivity contribution in [2.45, 2.75) is 13.0 Å². The van der Waals surface area contributed by atoms with Crippen molar-refractivity contribution in [1.82, 2.24) is 10.1 Å². The largest absolute Gasteiger partial charge is 0.338 e. The molecule has 2 aromatic rings. The van der Waals surface area contributed by atoms with E-state index in [1.165, 1.54) is 12.1 Å². The molecule has 1 unspecified atom stereocenters. The summed E-state index contributed by atoms with van der Waals surface area (Å²) in [5.74, 6) is -3.41. The lowest BCUT2D eigenvalue weighted by molar-refractivity contribution is -0.186. The fraction of sp³-hybridized carbons (Fsp3) is 0.200. The van der Waals surface area contributed by atoms with Gasteiger partial charge in [0.05, 0.1) is 23.6 Å². The normalized spacial score (nSPS) is 18.6. The number of amides is 3. The molecule has 3 amide bonds. The molecule has 0 aliphatic carbocycles. The highest BCUT2D eigenvalue weighted by Gasteiger charge is 2.42. The SMILES string of the molecule is O=C(ON1C(=O)c2ccccc2C1=O)C1CC(=O)N(OCc2ccccc2)C1. The Labute approximate surface area is 160 Å². The van der Waals surface area contributed by atoms with E-state index >= 15 is 0 Å². The first-order chi connectivity index (χ1) is 13.5. The molecule has 1 atom stereocenters. The van der Waals surface area contributed by atoms with Crippen LogP contribution in [0.4, 0.5) is 0 Å². The van der Waals surface area contributed by atoms with E-state index in [-0.39, 0.29) is 36.6 Å². The van der Waals surface area contributed by atoms with E-state index in [9.17, 15) is 19.2 Å². The first-order valence-corrected chi connectivity index (χ1v) is 8.71. The predicted octanol–water partition coefficient (Wildman–Crippen LogP) is 1.72. The molecule has 2 heterocycles. The molecular weight excluding hydrogens is 364 g/mol. The van der Waals surface area contributed by atoms with Crippen LogP contribution in [0.15, 0.2) is 54.6 Å². The first kappa shape index (κ1) is 17.9. The van der Waals surface area contributed by atoms with Crippen molar-refractivity contribution < 1.29 is 28.9 Å². The van der Waals surface area contributed by atoms with Crippen molar-refractivity contribution >= 4 is 23.7 Å². The molecule has 0 radical (unpaired) electrons. The van der Waals surface area contributed by atoms with Crippen molar-refractivity contribution in [2.75, 3.05) is 6.54 Å². The molecule has 1 saturated heterocycles. The Morgan fingerprint density at radius 3 is 2.18 bits per heavy atom. The third kappa shape index (κ3) is 3.25. The smallest absolute Gasteiger partial charge is 0.329 e. The van der Waals surface area contributed by atoms with Gasteiger partial charge in [-0.2, -0.15) is 0 Å². The maximum absolute atomic E-state index is 12.4. The zero-order chi connectivity index (χ0) is 19.7. The summed E-state index contributed by atoms with van der Waals surface area (Å²) in [5, 5.41) is 1.56. The molecule has 2 aliphatic rings. The van der Waals surface area contributed by atoms with Crippen LogP contribution in [0.5, 0.6) is 0 Å². The molecule has 0 spiro atoms. The van der Waals surface area contributed by atoms with Crippen LogP contribution in [0.25, 0.3) is 0 Å². The predicted molar refractivity (Wildman–Crippen MR) is 94.1 cm³/mol. The summed E-state index contributed by atoms with van der Waals surface area (Å²) in [6.45, 7) is 0.181. The van der Waals surface area contributed by atoms with Crippen molar-refractivity contribution in [3.63, 3.8) is 0 Å². The molecule has 0 saturated carbocycles. The molecule has 4 rings (SSSR count). The van der Waals surface area contributed by atoms with Gasteiger partial charge in [-0.05, 0) is 17.7 Å². The fourth-order valence-electron chi connectivity index (χ4n) is 3.10. The fourth-order valence-corrected chi connectivity index (χ4v) is 3.10. The van der Waals surface area contributed by atoms with Gasteiger partial charge >= 0.3 is 5.97 Å². The number of benzene rings is 2. The van der Waals surface area contributed by atoms with Crippen LogP contribution in [0, 0.1) is 5.92 Å². The van der Waals surface area contributed by atoms with Gasteiger partial charge in [0.1, 0.15) is 6.61 Å². The van der Waals surface area contributed by atoms with Gasteiger partial charge < -0.3 is 4.84 Å². The Hall–Kier alpha value is -3.52. The number of hydroxylamine groups is 4. The van der Waals surface area contributed by atoms with Crippen molar-refractivity contribution in [3.8, 4) is 0 Å². The average Bonchev–Trinajstić information content (AvgIpc) is 3.20. The lowest BCUT2D eigenvalue weighted by Crippen LogP contribution is -2.36. The van der Waals surface area contributed by atoms with E-state index in [0.29, 0.717) is 5.06 Å². The summed E-state index contributed by atoms with van der Waals surface area (Å²) in [6.07, 6.45) is -0.114. The monoisotopic (exact) mass is 380 g/mol. The van der Waals surface area contributed by atoms with Crippen molar-refractivity contribution in [2.24, 2.45) is 5.92 Å². The zero-order valence-corrected chi connectivity index (χ0v) is 14.7. The van der Waals surface area contributed by atoms with Gasteiger partial charge in [0.25, 0.3) is 11.8 Å². The lowest BCUT2D eigenvalue weighted by atomic mass is 10.1. The molecule has 142 valence electrons. The summed E-state index contributed by atoms with van der Waals surface area (Å²) in [4.78, 5) is 59.5. The topological polar surface area (TPSA) is 93.2 Å². The third-order valence-corrected chi connectivity index (χ3v) is 4.59. The maximum Gasteiger partial charge on any atom is 0.338 e. The molecular formula is C20H16N2O6. The van der Waals surface area contributed by atoms with Crippen LogP contribution < -0.4 is 0 Å². The summed E-state index contributed by atoms with van der Waals surface area (Å²) in [6, 6.07) is 15.5. The number of carbonyl (C=O) groups excluding carboxylic acids is 4. The number of nitrogens with zero attached hydrogens (tertiary/aromatic N) is 2. The minimum Gasteiger partial charge on any atom is -0.329 e. The minimum atomic E-state index is -0.826. The Balaban J connectivity index is 1.36. The molecule has 0 aromatic heterocycles.